The molecule has 3 N–H and O–H groups in total. The summed E-state index contributed by atoms with van der Waals surface area (Å²) < 4.78 is 5.06. The molecule has 2 aromatic heterocycles. The number of aromatic nitrogens is 2. The fourth-order valence-corrected chi connectivity index (χ4v) is 2.35. The number of nitrogen functional groups attached to an aromatic ring is 1. The maximum atomic E-state index is 12.0. The lowest BCUT2D eigenvalue weighted by Gasteiger charge is -2.09. The molecule has 1 amide bonds. The van der Waals surface area contributed by atoms with Gasteiger partial charge in [-0.2, -0.15) is 0 Å². The standard InChI is InChI=1S/C11H14N4O2S/c1-6(17-2)5-15-10(16)9-7(12)8-11(18-9)14-4-3-13-8/h3-4,6H,5,12H2,1-2H3,(H,15,16). The molecule has 0 bridgehead atoms. The molecule has 2 aromatic rings. The van der Waals surface area contributed by atoms with E-state index in [9.17, 15) is 4.79 Å². The number of amides is 1. The molecular weight excluding hydrogens is 252 g/mol. The molecule has 0 saturated heterocycles. The Balaban J connectivity index is 2.20. The highest BCUT2D eigenvalue weighted by Crippen LogP contribution is 2.30. The zero-order valence-corrected chi connectivity index (χ0v) is 11.0. The lowest BCUT2D eigenvalue weighted by Crippen LogP contribution is -2.31. The van der Waals surface area contributed by atoms with Crippen molar-refractivity contribution >= 4 is 33.3 Å². The molecule has 96 valence electrons. The van der Waals surface area contributed by atoms with E-state index >= 15 is 0 Å². The third-order valence-corrected chi connectivity index (χ3v) is 3.62. The summed E-state index contributed by atoms with van der Waals surface area (Å²) in [5, 5.41) is 2.76. The van der Waals surface area contributed by atoms with Crippen molar-refractivity contribution in [3.8, 4) is 0 Å². The van der Waals surface area contributed by atoms with Crippen LogP contribution in [0.4, 0.5) is 5.69 Å². The number of anilines is 1. The Hall–Kier alpha value is -1.73. The molecule has 18 heavy (non-hydrogen) atoms. The predicted octanol–water partition coefficient (Wildman–Crippen LogP) is 1.04. The van der Waals surface area contributed by atoms with Crippen LogP contribution in [0.5, 0.6) is 0 Å². The highest BCUT2D eigenvalue weighted by atomic mass is 32.1. The van der Waals surface area contributed by atoms with Gasteiger partial charge in [0.2, 0.25) is 0 Å². The average Bonchev–Trinajstić information content (AvgIpc) is 2.73. The van der Waals surface area contributed by atoms with Crippen molar-refractivity contribution < 1.29 is 9.53 Å². The van der Waals surface area contributed by atoms with Crippen LogP contribution >= 0.6 is 11.3 Å². The van der Waals surface area contributed by atoms with Crippen LogP contribution in [0.25, 0.3) is 10.3 Å². The number of rotatable bonds is 4. The molecule has 1 atom stereocenters. The van der Waals surface area contributed by atoms with Crippen molar-refractivity contribution in [2.45, 2.75) is 13.0 Å². The Morgan fingerprint density at radius 2 is 2.28 bits per heavy atom. The second-order valence-corrected chi connectivity index (χ2v) is 4.81. The molecule has 0 saturated carbocycles. The van der Waals surface area contributed by atoms with E-state index in [0.29, 0.717) is 27.5 Å². The van der Waals surface area contributed by atoms with Crippen LogP contribution in [0.3, 0.4) is 0 Å². The van der Waals surface area contributed by atoms with Gasteiger partial charge in [0.15, 0.2) is 0 Å². The van der Waals surface area contributed by atoms with Crippen LogP contribution in [0.2, 0.25) is 0 Å². The number of nitrogens with two attached hydrogens (primary N) is 1. The van der Waals surface area contributed by atoms with Gasteiger partial charge in [0, 0.05) is 26.0 Å². The first kappa shape index (κ1) is 12.7. The molecule has 0 aliphatic heterocycles. The molecule has 0 aromatic carbocycles. The van der Waals surface area contributed by atoms with E-state index in [2.05, 4.69) is 15.3 Å². The number of nitrogens with one attached hydrogen (secondary N) is 1. The van der Waals surface area contributed by atoms with Crippen molar-refractivity contribution in [3.05, 3.63) is 17.3 Å². The summed E-state index contributed by atoms with van der Waals surface area (Å²) in [5.74, 6) is -0.221. The second-order valence-electron chi connectivity index (χ2n) is 3.81. The van der Waals surface area contributed by atoms with E-state index in [1.165, 1.54) is 11.3 Å². The van der Waals surface area contributed by atoms with Crippen molar-refractivity contribution in [2.75, 3.05) is 19.4 Å². The molecule has 0 aliphatic carbocycles. The monoisotopic (exact) mass is 266 g/mol. The summed E-state index contributed by atoms with van der Waals surface area (Å²) in [7, 11) is 1.60. The Kier molecular flexibility index (Phi) is 3.73. The van der Waals surface area contributed by atoms with E-state index < -0.39 is 0 Å². The van der Waals surface area contributed by atoms with Gasteiger partial charge in [-0.25, -0.2) is 9.97 Å². The molecule has 0 spiro atoms. The average molecular weight is 266 g/mol. The minimum atomic E-state index is -0.221. The van der Waals surface area contributed by atoms with Gasteiger partial charge in [0.05, 0.1) is 11.8 Å². The molecule has 1 unspecified atom stereocenters. The number of thiophene rings is 1. The van der Waals surface area contributed by atoms with Crippen LogP contribution in [0, 0.1) is 0 Å². The first-order valence-electron chi connectivity index (χ1n) is 5.43. The Bertz CT molecular complexity index is 569. The van der Waals surface area contributed by atoms with E-state index in [1.807, 2.05) is 6.92 Å². The number of ether oxygens (including phenoxy) is 1. The second kappa shape index (κ2) is 5.28. The lowest BCUT2D eigenvalue weighted by molar-refractivity contribution is 0.0874. The number of nitrogens with zero attached hydrogens (tertiary/aromatic N) is 2. The quantitative estimate of drug-likeness (QED) is 0.863. The van der Waals surface area contributed by atoms with Crippen LogP contribution in [0.1, 0.15) is 16.6 Å². The third-order valence-electron chi connectivity index (χ3n) is 2.52. The SMILES string of the molecule is COC(C)CNC(=O)c1sc2nccnc2c1N. The summed E-state index contributed by atoms with van der Waals surface area (Å²) in [6.07, 6.45) is 3.09. The minimum Gasteiger partial charge on any atom is -0.396 e. The molecule has 7 heteroatoms. The van der Waals surface area contributed by atoms with E-state index in [4.69, 9.17) is 10.5 Å². The van der Waals surface area contributed by atoms with E-state index in [0.717, 1.165) is 0 Å². The summed E-state index contributed by atoms with van der Waals surface area (Å²) in [5.41, 5.74) is 6.85. The van der Waals surface area contributed by atoms with Crippen molar-refractivity contribution in [3.63, 3.8) is 0 Å². The molecule has 0 radical (unpaired) electrons. The fourth-order valence-electron chi connectivity index (χ4n) is 1.41. The summed E-state index contributed by atoms with van der Waals surface area (Å²) in [6, 6.07) is 0. The molecule has 6 nitrogen and oxygen atoms in total. The number of fused-ring (bicyclic) bond motifs is 1. The molecule has 2 heterocycles. The van der Waals surface area contributed by atoms with Gasteiger partial charge < -0.3 is 15.8 Å². The van der Waals surface area contributed by atoms with Gasteiger partial charge in [0.1, 0.15) is 15.2 Å². The van der Waals surface area contributed by atoms with Crippen LogP contribution < -0.4 is 11.1 Å². The number of carbonyl (C=O) groups excluding carboxylic acids is 1. The van der Waals surface area contributed by atoms with Crippen LogP contribution in [0.15, 0.2) is 12.4 Å². The third kappa shape index (κ3) is 2.41. The Labute approximate surface area is 108 Å². The highest BCUT2D eigenvalue weighted by molar-refractivity contribution is 7.21. The van der Waals surface area contributed by atoms with E-state index in [1.54, 1.807) is 19.5 Å². The first-order chi connectivity index (χ1) is 8.63. The van der Waals surface area contributed by atoms with Crippen LogP contribution in [-0.4, -0.2) is 35.6 Å². The number of hydrogen-bond donors (Lipinski definition) is 2. The van der Waals surface area contributed by atoms with Crippen molar-refractivity contribution in [1.29, 1.82) is 0 Å². The summed E-state index contributed by atoms with van der Waals surface area (Å²) >= 11 is 1.24. The van der Waals surface area contributed by atoms with Gasteiger partial charge in [-0.15, -0.1) is 11.3 Å². The molecule has 2 rings (SSSR count). The predicted molar refractivity (Wildman–Crippen MR) is 70.6 cm³/mol. The minimum absolute atomic E-state index is 0.0409. The van der Waals surface area contributed by atoms with Gasteiger partial charge in [0.25, 0.3) is 5.91 Å². The van der Waals surface area contributed by atoms with Crippen molar-refractivity contribution in [1.82, 2.24) is 15.3 Å². The number of methoxy groups -OCH3 is 1. The van der Waals surface area contributed by atoms with E-state index in [-0.39, 0.29) is 12.0 Å². The van der Waals surface area contributed by atoms with Gasteiger partial charge in [-0.1, -0.05) is 0 Å². The van der Waals surface area contributed by atoms with Gasteiger partial charge >= 0.3 is 0 Å². The molecule has 0 aliphatic rings. The number of carbonyl (C=O) groups is 1. The normalized spacial score (nSPS) is 12.6. The smallest absolute Gasteiger partial charge is 0.263 e. The maximum Gasteiger partial charge on any atom is 0.263 e. The largest absolute Gasteiger partial charge is 0.396 e. The van der Waals surface area contributed by atoms with Gasteiger partial charge in [-0.3, -0.25) is 4.79 Å². The van der Waals surface area contributed by atoms with Gasteiger partial charge in [-0.05, 0) is 6.92 Å². The Morgan fingerprint density at radius 3 is 2.94 bits per heavy atom. The Morgan fingerprint density at radius 1 is 1.56 bits per heavy atom. The topological polar surface area (TPSA) is 90.1 Å². The first-order valence-corrected chi connectivity index (χ1v) is 6.25. The molecular formula is C11H14N4O2S. The molecule has 0 fully saturated rings. The summed E-state index contributed by atoms with van der Waals surface area (Å²) in [4.78, 5) is 21.3. The van der Waals surface area contributed by atoms with Crippen molar-refractivity contribution in [2.24, 2.45) is 0 Å². The zero-order chi connectivity index (χ0) is 13.1. The summed E-state index contributed by atoms with van der Waals surface area (Å²) in [6.45, 7) is 2.31. The maximum absolute atomic E-state index is 12.0. The lowest BCUT2D eigenvalue weighted by atomic mass is 10.3. The fraction of sp³-hybridized carbons (Fsp3) is 0.364. The number of hydrogen-bond acceptors (Lipinski definition) is 6. The zero-order valence-electron chi connectivity index (χ0n) is 10.1. The highest BCUT2D eigenvalue weighted by Gasteiger charge is 2.17. The van der Waals surface area contributed by atoms with Crippen LogP contribution in [-0.2, 0) is 4.74 Å².